The maximum atomic E-state index is 11.6. The number of aliphatic carboxylic acids is 1. The van der Waals surface area contributed by atoms with Gasteiger partial charge >= 0.3 is 5.97 Å². The Hall–Kier alpha value is -1.11. The van der Waals surface area contributed by atoms with Crippen LogP contribution in [0.2, 0.25) is 5.02 Å². The van der Waals surface area contributed by atoms with Crippen LogP contribution in [0.4, 0.5) is 0 Å². The van der Waals surface area contributed by atoms with Crippen LogP contribution in [0.1, 0.15) is 10.4 Å². The molecular weight excluding hydrogens is 313 g/mol. The molecule has 1 atom stereocenters. The first kappa shape index (κ1) is 14.0. The highest BCUT2D eigenvalue weighted by Crippen LogP contribution is 2.20. The lowest BCUT2D eigenvalue weighted by molar-refractivity contribution is -0.146. The Morgan fingerprint density at radius 1 is 1.47 bits per heavy atom. The summed E-state index contributed by atoms with van der Waals surface area (Å²) in [5.41, 5.74) is 0.207. The predicted octanol–water partition coefficient (Wildman–Crippen LogP) is 1.28. The van der Waals surface area contributed by atoms with Crippen molar-refractivity contribution >= 4 is 39.4 Å². The average molecular weight is 323 g/mol. The molecule has 0 radical (unpaired) electrons. The maximum absolute atomic E-state index is 11.6. The molecule has 1 aromatic rings. The monoisotopic (exact) mass is 321 g/mol. The number of nitrogens with one attached hydrogen (secondary N) is 1. The Bertz CT molecular complexity index is 452. The quantitative estimate of drug-likeness (QED) is 0.779. The topological polar surface area (TPSA) is 86.6 Å². The lowest BCUT2D eigenvalue weighted by atomic mass is 10.2. The van der Waals surface area contributed by atoms with Crippen molar-refractivity contribution in [2.24, 2.45) is 0 Å². The van der Waals surface area contributed by atoms with Gasteiger partial charge in [0.1, 0.15) is 0 Å². The summed E-state index contributed by atoms with van der Waals surface area (Å²) in [6.45, 7) is -0.378. The highest BCUT2D eigenvalue weighted by atomic mass is 79.9. The van der Waals surface area contributed by atoms with Crippen LogP contribution in [0.15, 0.2) is 22.7 Å². The molecular formula is C10H9BrClNO4. The number of aliphatic hydroxyl groups excluding tert-OH is 1. The van der Waals surface area contributed by atoms with Crippen molar-refractivity contribution in [2.45, 2.75) is 6.10 Å². The number of carboxylic acids is 1. The van der Waals surface area contributed by atoms with Crippen LogP contribution in [0, 0.1) is 0 Å². The molecule has 1 amide bonds. The van der Waals surface area contributed by atoms with E-state index in [1.54, 1.807) is 6.07 Å². The molecule has 1 aromatic carbocycles. The summed E-state index contributed by atoms with van der Waals surface area (Å²) in [5.74, 6) is -1.94. The van der Waals surface area contributed by atoms with E-state index < -0.39 is 18.0 Å². The van der Waals surface area contributed by atoms with Crippen molar-refractivity contribution in [2.75, 3.05) is 6.54 Å². The summed E-state index contributed by atoms with van der Waals surface area (Å²) in [7, 11) is 0. The van der Waals surface area contributed by atoms with E-state index in [1.807, 2.05) is 0 Å². The minimum atomic E-state index is -1.63. The van der Waals surface area contributed by atoms with Crippen molar-refractivity contribution in [3.8, 4) is 0 Å². The second kappa shape index (κ2) is 6.00. The summed E-state index contributed by atoms with van der Waals surface area (Å²) >= 11 is 8.99. The SMILES string of the molecule is O=C(NC[C@H](O)C(=O)O)c1cc(Br)ccc1Cl. The summed E-state index contributed by atoms with van der Waals surface area (Å²) in [5, 5.41) is 19.9. The van der Waals surface area contributed by atoms with E-state index in [9.17, 15) is 9.59 Å². The fourth-order valence-electron chi connectivity index (χ4n) is 1.04. The molecule has 0 aliphatic rings. The Morgan fingerprint density at radius 2 is 2.12 bits per heavy atom. The Kier molecular flexibility index (Phi) is 4.92. The molecule has 17 heavy (non-hydrogen) atoms. The maximum Gasteiger partial charge on any atom is 0.334 e. The first-order valence-corrected chi connectivity index (χ1v) is 5.73. The first-order valence-electron chi connectivity index (χ1n) is 4.56. The van der Waals surface area contributed by atoms with E-state index >= 15 is 0 Å². The van der Waals surface area contributed by atoms with Crippen LogP contribution in [-0.2, 0) is 4.79 Å². The van der Waals surface area contributed by atoms with Crippen LogP contribution in [0.25, 0.3) is 0 Å². The van der Waals surface area contributed by atoms with Crippen molar-refractivity contribution in [1.29, 1.82) is 0 Å². The number of rotatable bonds is 4. The van der Waals surface area contributed by atoms with E-state index in [2.05, 4.69) is 21.2 Å². The van der Waals surface area contributed by atoms with Crippen LogP contribution < -0.4 is 5.32 Å². The largest absolute Gasteiger partial charge is 0.479 e. The van der Waals surface area contributed by atoms with Crippen molar-refractivity contribution in [1.82, 2.24) is 5.32 Å². The zero-order valence-electron chi connectivity index (χ0n) is 8.48. The standard InChI is InChI=1S/C10H9BrClNO4/c11-5-1-2-7(12)6(3-5)9(15)13-4-8(14)10(16)17/h1-3,8,14H,4H2,(H,13,15)(H,16,17)/t8-/m0/s1. The molecule has 0 bridgehead atoms. The molecule has 7 heteroatoms. The Balaban J connectivity index is 2.70. The highest BCUT2D eigenvalue weighted by molar-refractivity contribution is 9.10. The number of carbonyl (C=O) groups excluding carboxylic acids is 1. The molecule has 92 valence electrons. The number of carbonyl (C=O) groups is 2. The number of hydrogen-bond acceptors (Lipinski definition) is 3. The summed E-state index contributed by atoms with van der Waals surface area (Å²) in [6.07, 6.45) is -1.63. The number of amides is 1. The van der Waals surface area contributed by atoms with E-state index in [-0.39, 0.29) is 17.1 Å². The zero-order valence-corrected chi connectivity index (χ0v) is 10.8. The van der Waals surface area contributed by atoms with E-state index in [4.69, 9.17) is 21.8 Å². The minimum Gasteiger partial charge on any atom is -0.479 e. The second-order valence-electron chi connectivity index (χ2n) is 3.19. The van der Waals surface area contributed by atoms with Gasteiger partial charge in [-0.05, 0) is 18.2 Å². The number of halogens is 2. The number of hydrogen-bond donors (Lipinski definition) is 3. The summed E-state index contributed by atoms with van der Waals surface area (Å²) < 4.78 is 0.672. The van der Waals surface area contributed by atoms with Crippen LogP contribution >= 0.6 is 27.5 Å². The van der Waals surface area contributed by atoms with Crippen LogP contribution in [0.5, 0.6) is 0 Å². The van der Waals surface area contributed by atoms with E-state index in [0.29, 0.717) is 4.47 Å². The number of aliphatic hydroxyl groups is 1. The van der Waals surface area contributed by atoms with Gasteiger partial charge in [0.05, 0.1) is 17.1 Å². The molecule has 0 unspecified atom stereocenters. The molecule has 0 spiro atoms. The highest BCUT2D eigenvalue weighted by Gasteiger charge is 2.16. The molecule has 0 heterocycles. The first-order chi connectivity index (χ1) is 7.91. The molecule has 0 saturated heterocycles. The second-order valence-corrected chi connectivity index (χ2v) is 4.51. The van der Waals surface area contributed by atoms with Gasteiger partial charge < -0.3 is 15.5 Å². The van der Waals surface area contributed by atoms with Gasteiger partial charge in [0.25, 0.3) is 5.91 Å². The molecule has 3 N–H and O–H groups in total. The third-order valence-electron chi connectivity index (χ3n) is 1.91. The molecule has 0 aliphatic heterocycles. The lowest BCUT2D eigenvalue weighted by Gasteiger charge is -2.09. The van der Waals surface area contributed by atoms with Gasteiger partial charge in [-0.1, -0.05) is 27.5 Å². The van der Waals surface area contributed by atoms with Crippen LogP contribution in [-0.4, -0.2) is 34.7 Å². The lowest BCUT2D eigenvalue weighted by Crippen LogP contribution is -2.36. The van der Waals surface area contributed by atoms with Gasteiger partial charge in [-0.2, -0.15) is 0 Å². The Labute approximate surface area is 111 Å². The van der Waals surface area contributed by atoms with Gasteiger partial charge in [-0.15, -0.1) is 0 Å². The zero-order chi connectivity index (χ0) is 13.0. The third kappa shape index (κ3) is 3.99. The molecule has 0 aliphatic carbocycles. The average Bonchev–Trinajstić information content (AvgIpc) is 2.28. The predicted molar refractivity (Wildman–Crippen MR) is 65.1 cm³/mol. The van der Waals surface area contributed by atoms with Crippen molar-refractivity contribution in [3.05, 3.63) is 33.3 Å². The summed E-state index contributed by atoms with van der Waals surface area (Å²) in [6, 6.07) is 4.71. The molecule has 0 saturated carbocycles. The van der Waals surface area contributed by atoms with Gasteiger partial charge in [0, 0.05) is 4.47 Å². The van der Waals surface area contributed by atoms with Gasteiger partial charge in [0.2, 0.25) is 0 Å². The van der Waals surface area contributed by atoms with Gasteiger partial charge in [-0.3, -0.25) is 4.79 Å². The van der Waals surface area contributed by atoms with E-state index in [1.165, 1.54) is 12.1 Å². The molecule has 0 aromatic heterocycles. The summed E-state index contributed by atoms with van der Waals surface area (Å²) in [4.78, 5) is 22.0. The third-order valence-corrected chi connectivity index (χ3v) is 2.74. The normalized spacial score (nSPS) is 11.9. The van der Waals surface area contributed by atoms with Crippen molar-refractivity contribution < 1.29 is 19.8 Å². The van der Waals surface area contributed by atoms with Crippen molar-refractivity contribution in [3.63, 3.8) is 0 Å². The molecule has 0 fully saturated rings. The fraction of sp³-hybridized carbons (Fsp3) is 0.200. The van der Waals surface area contributed by atoms with E-state index in [0.717, 1.165) is 0 Å². The number of benzene rings is 1. The van der Waals surface area contributed by atoms with Gasteiger partial charge in [0.15, 0.2) is 6.10 Å². The van der Waals surface area contributed by atoms with Gasteiger partial charge in [-0.25, -0.2) is 4.79 Å². The minimum absolute atomic E-state index is 0.207. The number of carboxylic acid groups (broad SMARTS) is 1. The smallest absolute Gasteiger partial charge is 0.334 e. The molecule has 1 rings (SSSR count). The Morgan fingerprint density at radius 3 is 2.71 bits per heavy atom. The fourth-order valence-corrected chi connectivity index (χ4v) is 1.61. The van der Waals surface area contributed by atoms with Crippen LogP contribution in [0.3, 0.4) is 0 Å². The molecule has 5 nitrogen and oxygen atoms in total.